The molecular weight excluding hydrogens is 288 g/mol. The molecule has 0 bridgehead atoms. The van der Waals surface area contributed by atoms with Crippen LogP contribution in [-0.4, -0.2) is 21.5 Å². The van der Waals surface area contributed by atoms with Crippen molar-refractivity contribution in [3.63, 3.8) is 0 Å². The predicted octanol–water partition coefficient (Wildman–Crippen LogP) is 0.472. The van der Waals surface area contributed by atoms with E-state index < -0.39 is 5.91 Å². The van der Waals surface area contributed by atoms with Gasteiger partial charge in [0.1, 0.15) is 12.2 Å². The molecule has 0 saturated carbocycles. The predicted molar refractivity (Wildman–Crippen MR) is 83.0 cm³/mol. The van der Waals surface area contributed by atoms with Crippen LogP contribution in [0.4, 0.5) is 0 Å². The van der Waals surface area contributed by atoms with E-state index in [2.05, 4.69) is 10.6 Å². The van der Waals surface area contributed by atoms with E-state index in [4.69, 9.17) is 18.0 Å². The van der Waals surface area contributed by atoms with Gasteiger partial charge in [-0.1, -0.05) is 18.2 Å². The summed E-state index contributed by atoms with van der Waals surface area (Å²) in [6.07, 6.45) is 3.49. The van der Waals surface area contributed by atoms with Gasteiger partial charge in [0.2, 0.25) is 5.91 Å². The molecular formula is C14H12N4O2S. The third-order valence-electron chi connectivity index (χ3n) is 3.17. The molecule has 0 spiro atoms. The van der Waals surface area contributed by atoms with E-state index >= 15 is 0 Å². The van der Waals surface area contributed by atoms with Crippen LogP contribution in [0.2, 0.25) is 0 Å². The van der Waals surface area contributed by atoms with Crippen molar-refractivity contribution in [2.24, 2.45) is 5.73 Å². The first-order valence-electron chi connectivity index (χ1n) is 6.25. The van der Waals surface area contributed by atoms with Crippen molar-refractivity contribution in [3.8, 4) is 0 Å². The average Bonchev–Trinajstić information content (AvgIpc) is 2.91. The van der Waals surface area contributed by atoms with Gasteiger partial charge >= 0.3 is 0 Å². The molecule has 6 nitrogen and oxygen atoms in total. The Morgan fingerprint density at radius 3 is 2.76 bits per heavy atom. The number of thiocarbonyl (C=S) groups is 1. The molecule has 0 radical (unpaired) electrons. The third-order valence-corrected chi connectivity index (χ3v) is 3.37. The number of primary amides is 1. The first-order valence-corrected chi connectivity index (χ1v) is 6.65. The smallest absolute Gasteiger partial charge is 0.273 e. The molecule has 1 aromatic heterocycles. The maximum absolute atomic E-state index is 11.7. The number of amides is 2. The molecule has 0 atom stereocenters. The maximum atomic E-state index is 11.7. The first kappa shape index (κ1) is 13.3. The summed E-state index contributed by atoms with van der Waals surface area (Å²) in [5.41, 5.74) is 7.33. The number of nitrogens with two attached hydrogens (primary N) is 1. The summed E-state index contributed by atoms with van der Waals surface area (Å²) in [5, 5.41) is 6.52. The van der Waals surface area contributed by atoms with Gasteiger partial charge in [-0.15, -0.1) is 0 Å². The van der Waals surface area contributed by atoms with Gasteiger partial charge in [-0.3, -0.25) is 14.9 Å². The highest BCUT2D eigenvalue weighted by Crippen LogP contribution is 2.23. The number of benzene rings is 1. The van der Waals surface area contributed by atoms with Crippen molar-refractivity contribution in [1.29, 1.82) is 0 Å². The van der Waals surface area contributed by atoms with Gasteiger partial charge in [0.25, 0.3) is 5.91 Å². The van der Waals surface area contributed by atoms with Crippen LogP contribution in [0.5, 0.6) is 0 Å². The molecule has 2 heterocycles. The number of nitrogens with one attached hydrogen (secondary N) is 2. The van der Waals surface area contributed by atoms with Crippen LogP contribution in [0.15, 0.2) is 36.2 Å². The fourth-order valence-electron chi connectivity index (χ4n) is 2.33. The Morgan fingerprint density at radius 1 is 1.33 bits per heavy atom. The number of carbonyl (C=O) groups is 2. The molecule has 2 aromatic rings. The van der Waals surface area contributed by atoms with Crippen molar-refractivity contribution in [2.75, 3.05) is 0 Å². The molecule has 106 valence electrons. The van der Waals surface area contributed by atoms with Gasteiger partial charge in [-0.2, -0.15) is 0 Å². The van der Waals surface area contributed by atoms with Crippen molar-refractivity contribution in [1.82, 2.24) is 15.2 Å². The van der Waals surface area contributed by atoms with E-state index in [1.807, 2.05) is 24.3 Å². The third kappa shape index (κ3) is 2.50. The van der Waals surface area contributed by atoms with Crippen LogP contribution in [0, 0.1) is 0 Å². The Morgan fingerprint density at radius 2 is 2.10 bits per heavy atom. The molecule has 1 aromatic carbocycles. The lowest BCUT2D eigenvalue weighted by molar-refractivity contribution is -0.118. The Bertz CT molecular complexity index is 806. The number of hydrogen-bond acceptors (Lipinski definition) is 3. The highest BCUT2D eigenvalue weighted by Gasteiger charge is 2.20. The molecule has 2 amide bonds. The molecule has 7 heteroatoms. The zero-order valence-electron chi connectivity index (χ0n) is 10.9. The summed E-state index contributed by atoms with van der Waals surface area (Å²) in [7, 11) is 0. The van der Waals surface area contributed by atoms with Gasteiger partial charge in [0.15, 0.2) is 5.11 Å². The molecule has 1 aliphatic heterocycles. The highest BCUT2D eigenvalue weighted by atomic mass is 32.1. The number of hydrogen-bond donors (Lipinski definition) is 3. The summed E-state index contributed by atoms with van der Waals surface area (Å²) < 4.78 is 1.76. The van der Waals surface area contributed by atoms with Gasteiger partial charge in [-0.25, -0.2) is 0 Å². The highest BCUT2D eigenvalue weighted by molar-refractivity contribution is 7.80. The Labute approximate surface area is 125 Å². The molecule has 4 N–H and O–H groups in total. The lowest BCUT2D eigenvalue weighted by Crippen LogP contribution is -2.21. The van der Waals surface area contributed by atoms with Crippen molar-refractivity contribution < 1.29 is 9.59 Å². The van der Waals surface area contributed by atoms with Gasteiger partial charge in [0.05, 0.1) is 0 Å². The Balaban J connectivity index is 2.11. The number of fused-ring (bicyclic) bond motifs is 1. The van der Waals surface area contributed by atoms with E-state index in [1.54, 1.807) is 16.8 Å². The van der Waals surface area contributed by atoms with Crippen LogP contribution in [-0.2, 0) is 16.1 Å². The summed E-state index contributed by atoms with van der Waals surface area (Å²) in [4.78, 5) is 22.9. The van der Waals surface area contributed by atoms with E-state index in [1.165, 1.54) is 0 Å². The topological polar surface area (TPSA) is 89.2 Å². The van der Waals surface area contributed by atoms with Crippen LogP contribution in [0.3, 0.4) is 0 Å². The standard InChI is InChI=1S/C14H12N4O2S/c15-12(19)7-18-6-8(9-3-1-2-4-11(9)18)5-10-13(20)17-14(21)16-10/h1-6H,7H2,(H2,15,19)(H2,16,17,20,21). The fourth-order valence-corrected chi connectivity index (χ4v) is 2.53. The second-order valence-electron chi connectivity index (χ2n) is 4.66. The van der Waals surface area contributed by atoms with Gasteiger partial charge in [0, 0.05) is 22.7 Å². The second-order valence-corrected chi connectivity index (χ2v) is 5.07. The van der Waals surface area contributed by atoms with Crippen molar-refractivity contribution in [3.05, 3.63) is 41.7 Å². The molecule has 3 rings (SSSR count). The number of carbonyl (C=O) groups excluding carboxylic acids is 2. The van der Waals surface area contributed by atoms with Crippen LogP contribution in [0.25, 0.3) is 17.0 Å². The number of para-hydroxylation sites is 1. The molecule has 1 fully saturated rings. The fraction of sp³-hybridized carbons (Fsp3) is 0.0714. The molecule has 1 saturated heterocycles. The van der Waals surface area contributed by atoms with E-state index in [0.717, 1.165) is 16.5 Å². The monoisotopic (exact) mass is 300 g/mol. The van der Waals surface area contributed by atoms with Gasteiger partial charge in [-0.05, 0) is 24.4 Å². The van der Waals surface area contributed by atoms with Crippen LogP contribution < -0.4 is 16.4 Å². The molecule has 0 unspecified atom stereocenters. The minimum Gasteiger partial charge on any atom is -0.368 e. The first-order chi connectivity index (χ1) is 10.0. The maximum Gasteiger partial charge on any atom is 0.273 e. The minimum absolute atomic E-state index is 0.0850. The molecule has 1 aliphatic rings. The van der Waals surface area contributed by atoms with Crippen LogP contribution in [0.1, 0.15) is 5.56 Å². The van der Waals surface area contributed by atoms with Crippen molar-refractivity contribution in [2.45, 2.75) is 6.54 Å². The van der Waals surface area contributed by atoms with Crippen molar-refractivity contribution >= 4 is 46.1 Å². The summed E-state index contributed by atoms with van der Waals surface area (Å²) in [5.74, 6) is -0.695. The normalized spacial score (nSPS) is 16.3. The minimum atomic E-state index is -0.423. The lowest BCUT2D eigenvalue weighted by Gasteiger charge is -2.00. The van der Waals surface area contributed by atoms with Gasteiger partial charge < -0.3 is 15.6 Å². The largest absolute Gasteiger partial charge is 0.368 e. The number of rotatable bonds is 3. The van der Waals surface area contributed by atoms with E-state index in [-0.39, 0.29) is 17.6 Å². The zero-order chi connectivity index (χ0) is 15.0. The summed E-state index contributed by atoms with van der Waals surface area (Å²) >= 11 is 4.90. The lowest BCUT2D eigenvalue weighted by atomic mass is 10.1. The quantitative estimate of drug-likeness (QED) is 0.568. The SMILES string of the molecule is NC(=O)Cn1cc(C=C2NC(=S)NC2=O)c2ccccc21. The molecule has 21 heavy (non-hydrogen) atoms. The Kier molecular flexibility index (Phi) is 3.19. The number of nitrogens with zero attached hydrogens (tertiary/aromatic N) is 1. The van der Waals surface area contributed by atoms with E-state index in [0.29, 0.717) is 5.70 Å². The van der Waals surface area contributed by atoms with E-state index in [9.17, 15) is 9.59 Å². The Hall–Kier alpha value is -2.67. The summed E-state index contributed by atoms with van der Waals surface area (Å²) in [6, 6.07) is 7.59. The molecule has 0 aliphatic carbocycles. The summed E-state index contributed by atoms with van der Waals surface area (Å²) in [6.45, 7) is 0.0850. The van der Waals surface area contributed by atoms with Crippen LogP contribution >= 0.6 is 12.2 Å². The average molecular weight is 300 g/mol. The zero-order valence-corrected chi connectivity index (χ0v) is 11.7. The number of aromatic nitrogens is 1. The second kappa shape index (κ2) is 5.02.